The maximum atomic E-state index is 12.0. The van der Waals surface area contributed by atoms with E-state index in [4.69, 9.17) is 0 Å². The SMILES string of the molecule is Cc1ccc(NS(=O)(=O)c2ccc(Br)s2)cc1. The van der Waals surface area contributed by atoms with Gasteiger partial charge in [-0.15, -0.1) is 11.3 Å². The maximum Gasteiger partial charge on any atom is 0.271 e. The molecule has 1 aromatic heterocycles. The Labute approximate surface area is 113 Å². The molecule has 17 heavy (non-hydrogen) atoms. The fraction of sp³-hybridized carbons (Fsp3) is 0.0909. The minimum Gasteiger partial charge on any atom is -0.279 e. The molecule has 3 nitrogen and oxygen atoms in total. The van der Waals surface area contributed by atoms with Crippen LogP contribution < -0.4 is 4.72 Å². The second-order valence-electron chi connectivity index (χ2n) is 3.53. The van der Waals surface area contributed by atoms with Crippen molar-refractivity contribution in [2.75, 3.05) is 4.72 Å². The number of hydrogen-bond donors (Lipinski definition) is 1. The minimum absolute atomic E-state index is 0.296. The van der Waals surface area contributed by atoms with E-state index in [1.165, 1.54) is 11.3 Å². The third kappa shape index (κ3) is 3.08. The Kier molecular flexibility index (Phi) is 3.56. The molecule has 0 aliphatic carbocycles. The highest BCUT2D eigenvalue weighted by Crippen LogP contribution is 2.27. The van der Waals surface area contributed by atoms with Crippen LogP contribution in [0.1, 0.15) is 5.56 Å². The van der Waals surface area contributed by atoms with Crippen LogP contribution in [0.15, 0.2) is 44.4 Å². The summed E-state index contributed by atoms with van der Waals surface area (Å²) in [5, 5.41) is 0. The van der Waals surface area contributed by atoms with Gasteiger partial charge in [0, 0.05) is 5.69 Å². The summed E-state index contributed by atoms with van der Waals surface area (Å²) in [6.07, 6.45) is 0. The second kappa shape index (κ2) is 4.80. The first-order valence-electron chi connectivity index (χ1n) is 4.82. The van der Waals surface area contributed by atoms with E-state index in [1.54, 1.807) is 24.3 Å². The van der Waals surface area contributed by atoms with Crippen LogP contribution in [-0.4, -0.2) is 8.42 Å². The number of thiophene rings is 1. The van der Waals surface area contributed by atoms with Gasteiger partial charge in [-0.1, -0.05) is 17.7 Å². The number of benzene rings is 1. The molecule has 0 unspecified atom stereocenters. The van der Waals surface area contributed by atoms with Crippen LogP contribution in [0.25, 0.3) is 0 Å². The molecule has 2 rings (SSSR count). The summed E-state index contributed by atoms with van der Waals surface area (Å²) in [6.45, 7) is 1.95. The van der Waals surface area contributed by atoms with Crippen molar-refractivity contribution in [3.05, 3.63) is 45.7 Å². The van der Waals surface area contributed by atoms with E-state index < -0.39 is 10.0 Å². The van der Waals surface area contributed by atoms with Crippen LogP contribution in [0, 0.1) is 6.92 Å². The van der Waals surface area contributed by atoms with E-state index in [2.05, 4.69) is 20.7 Å². The Hall–Kier alpha value is -0.850. The lowest BCUT2D eigenvalue weighted by Crippen LogP contribution is -2.11. The van der Waals surface area contributed by atoms with Crippen molar-refractivity contribution in [2.24, 2.45) is 0 Å². The molecule has 0 atom stereocenters. The lowest BCUT2D eigenvalue weighted by atomic mass is 10.2. The topological polar surface area (TPSA) is 46.2 Å². The van der Waals surface area contributed by atoms with Gasteiger partial charge in [0.2, 0.25) is 0 Å². The number of sulfonamides is 1. The first kappa shape index (κ1) is 12.6. The van der Waals surface area contributed by atoms with Gasteiger partial charge in [0.15, 0.2) is 0 Å². The Morgan fingerprint density at radius 3 is 2.29 bits per heavy atom. The molecule has 90 valence electrons. The standard InChI is InChI=1S/C11H10BrNO2S2/c1-8-2-4-9(5-3-8)13-17(14,15)11-7-6-10(12)16-11/h2-7,13H,1H3. The molecule has 0 saturated carbocycles. The average molecular weight is 332 g/mol. The molecule has 0 aliphatic rings. The first-order chi connectivity index (χ1) is 7.97. The predicted octanol–water partition coefficient (Wildman–Crippen LogP) is 3.62. The van der Waals surface area contributed by atoms with Gasteiger partial charge in [-0.25, -0.2) is 8.42 Å². The van der Waals surface area contributed by atoms with Gasteiger partial charge in [-0.2, -0.15) is 0 Å². The highest BCUT2D eigenvalue weighted by atomic mass is 79.9. The normalized spacial score (nSPS) is 11.4. The van der Waals surface area contributed by atoms with Crippen LogP contribution in [0.4, 0.5) is 5.69 Å². The second-order valence-corrected chi connectivity index (χ2v) is 7.90. The zero-order valence-corrected chi connectivity index (χ0v) is 12.2. The summed E-state index contributed by atoms with van der Waals surface area (Å²) in [5.74, 6) is 0. The fourth-order valence-corrected chi connectivity index (χ4v) is 4.34. The quantitative estimate of drug-likeness (QED) is 0.933. The molecule has 1 N–H and O–H groups in total. The van der Waals surface area contributed by atoms with Crippen molar-refractivity contribution < 1.29 is 8.42 Å². The van der Waals surface area contributed by atoms with E-state index in [0.717, 1.165) is 9.35 Å². The molecule has 0 aliphatic heterocycles. The van der Waals surface area contributed by atoms with Crippen LogP contribution in [0.2, 0.25) is 0 Å². The summed E-state index contributed by atoms with van der Waals surface area (Å²) in [5.41, 5.74) is 1.66. The van der Waals surface area contributed by atoms with Crippen molar-refractivity contribution in [3.8, 4) is 0 Å². The summed E-state index contributed by atoms with van der Waals surface area (Å²) in [7, 11) is -3.47. The highest BCUT2D eigenvalue weighted by Gasteiger charge is 2.16. The largest absolute Gasteiger partial charge is 0.279 e. The van der Waals surface area contributed by atoms with E-state index >= 15 is 0 Å². The molecule has 1 aromatic carbocycles. The Bertz CT molecular complexity index is 617. The van der Waals surface area contributed by atoms with Gasteiger partial charge >= 0.3 is 0 Å². The lowest BCUT2D eigenvalue weighted by Gasteiger charge is -2.06. The zero-order valence-electron chi connectivity index (χ0n) is 8.98. The van der Waals surface area contributed by atoms with Crippen LogP contribution in [-0.2, 0) is 10.0 Å². The molecule has 2 aromatic rings. The van der Waals surface area contributed by atoms with Crippen LogP contribution >= 0.6 is 27.3 Å². The van der Waals surface area contributed by atoms with Crippen molar-refractivity contribution in [1.29, 1.82) is 0 Å². The smallest absolute Gasteiger partial charge is 0.271 e. The van der Waals surface area contributed by atoms with Crippen molar-refractivity contribution in [2.45, 2.75) is 11.1 Å². The molecule has 0 amide bonds. The third-order valence-electron chi connectivity index (χ3n) is 2.12. The van der Waals surface area contributed by atoms with Gasteiger partial charge in [0.25, 0.3) is 10.0 Å². The number of aryl methyl sites for hydroxylation is 1. The first-order valence-corrected chi connectivity index (χ1v) is 7.91. The van der Waals surface area contributed by atoms with E-state index in [0.29, 0.717) is 9.90 Å². The number of anilines is 1. The van der Waals surface area contributed by atoms with E-state index in [-0.39, 0.29) is 0 Å². The Morgan fingerprint density at radius 1 is 1.12 bits per heavy atom. The molecule has 0 spiro atoms. The minimum atomic E-state index is -3.47. The Morgan fingerprint density at radius 2 is 1.76 bits per heavy atom. The molecule has 6 heteroatoms. The van der Waals surface area contributed by atoms with Gasteiger partial charge in [0.05, 0.1) is 3.79 Å². The monoisotopic (exact) mass is 331 g/mol. The fourth-order valence-electron chi connectivity index (χ4n) is 1.27. The van der Waals surface area contributed by atoms with Crippen molar-refractivity contribution in [3.63, 3.8) is 0 Å². The molecule has 1 heterocycles. The van der Waals surface area contributed by atoms with Gasteiger partial charge in [-0.3, -0.25) is 4.72 Å². The molecule has 0 fully saturated rings. The lowest BCUT2D eigenvalue weighted by molar-refractivity contribution is 0.603. The summed E-state index contributed by atoms with van der Waals surface area (Å²) >= 11 is 4.43. The van der Waals surface area contributed by atoms with E-state index in [9.17, 15) is 8.42 Å². The van der Waals surface area contributed by atoms with Crippen LogP contribution in [0.5, 0.6) is 0 Å². The molecular formula is C11H10BrNO2S2. The molecular weight excluding hydrogens is 322 g/mol. The van der Waals surface area contributed by atoms with Gasteiger partial charge < -0.3 is 0 Å². The highest BCUT2D eigenvalue weighted by molar-refractivity contribution is 9.11. The van der Waals surface area contributed by atoms with Crippen LogP contribution in [0.3, 0.4) is 0 Å². The third-order valence-corrected chi connectivity index (χ3v) is 5.61. The molecule has 0 bridgehead atoms. The zero-order chi connectivity index (χ0) is 12.5. The van der Waals surface area contributed by atoms with E-state index in [1.807, 2.05) is 19.1 Å². The maximum absolute atomic E-state index is 12.0. The molecule has 0 saturated heterocycles. The van der Waals surface area contributed by atoms with Crippen molar-refractivity contribution in [1.82, 2.24) is 0 Å². The molecule has 0 radical (unpaired) electrons. The number of rotatable bonds is 3. The number of halogens is 1. The average Bonchev–Trinajstić information content (AvgIpc) is 2.69. The summed E-state index contributed by atoms with van der Waals surface area (Å²) in [4.78, 5) is 0. The number of nitrogens with one attached hydrogen (secondary N) is 1. The van der Waals surface area contributed by atoms with Gasteiger partial charge in [0.1, 0.15) is 4.21 Å². The summed E-state index contributed by atoms with van der Waals surface area (Å²) < 4.78 is 27.6. The summed E-state index contributed by atoms with van der Waals surface area (Å²) in [6, 6.07) is 10.5. The van der Waals surface area contributed by atoms with Crippen molar-refractivity contribution >= 4 is 43.0 Å². The van der Waals surface area contributed by atoms with Gasteiger partial charge in [-0.05, 0) is 47.1 Å². The predicted molar refractivity (Wildman–Crippen MR) is 74.0 cm³/mol. The number of hydrogen-bond acceptors (Lipinski definition) is 3. The Balaban J connectivity index is 2.26.